The van der Waals surface area contributed by atoms with E-state index in [9.17, 15) is 9.59 Å². The average molecular weight is 365 g/mol. The van der Waals surface area contributed by atoms with E-state index < -0.39 is 0 Å². The second kappa shape index (κ2) is 8.40. The number of rotatable bonds is 6. The van der Waals surface area contributed by atoms with Gasteiger partial charge in [0.2, 0.25) is 0 Å². The molecule has 26 heavy (non-hydrogen) atoms. The van der Waals surface area contributed by atoms with E-state index in [2.05, 4.69) is 15.6 Å². The van der Waals surface area contributed by atoms with Gasteiger partial charge in [0.1, 0.15) is 4.88 Å². The molecule has 0 atom stereocenters. The van der Waals surface area contributed by atoms with Crippen molar-refractivity contribution in [3.63, 3.8) is 0 Å². The summed E-state index contributed by atoms with van der Waals surface area (Å²) in [5.74, 6) is -0.411. The van der Waals surface area contributed by atoms with E-state index in [1.165, 1.54) is 16.9 Å². The summed E-state index contributed by atoms with van der Waals surface area (Å²) in [6.45, 7) is 2.31. The van der Waals surface area contributed by atoms with Crippen molar-refractivity contribution in [2.45, 2.75) is 13.3 Å². The average Bonchev–Trinajstić information content (AvgIpc) is 3.03. The van der Waals surface area contributed by atoms with E-state index in [0.29, 0.717) is 27.8 Å². The molecule has 1 aromatic heterocycles. The fourth-order valence-corrected chi connectivity index (χ4v) is 3.34. The van der Waals surface area contributed by atoms with Crippen LogP contribution in [0, 0.1) is 6.92 Å². The molecule has 0 aliphatic carbocycles. The van der Waals surface area contributed by atoms with Crippen LogP contribution >= 0.6 is 11.3 Å². The highest BCUT2D eigenvalue weighted by Gasteiger charge is 2.16. The lowest BCUT2D eigenvalue weighted by atomic mass is 10.1. The molecule has 0 unspecified atom stereocenters. The van der Waals surface area contributed by atoms with Crippen LogP contribution in [0.4, 0.5) is 5.13 Å². The molecule has 0 fully saturated rings. The predicted molar refractivity (Wildman–Crippen MR) is 104 cm³/mol. The molecule has 132 valence electrons. The molecule has 0 aliphatic heterocycles. The minimum Gasteiger partial charge on any atom is -0.351 e. The highest BCUT2D eigenvalue weighted by atomic mass is 32.1. The molecule has 3 aromatic rings. The quantitative estimate of drug-likeness (QED) is 0.700. The van der Waals surface area contributed by atoms with Crippen LogP contribution in [0.15, 0.2) is 60.7 Å². The van der Waals surface area contributed by atoms with Crippen molar-refractivity contribution < 1.29 is 9.59 Å². The number of hydrogen-bond acceptors (Lipinski definition) is 4. The Morgan fingerprint density at radius 3 is 2.31 bits per heavy atom. The fourth-order valence-electron chi connectivity index (χ4n) is 2.46. The molecule has 0 bridgehead atoms. The maximum absolute atomic E-state index is 12.4. The smallest absolute Gasteiger partial charge is 0.263 e. The molecule has 0 saturated carbocycles. The minimum atomic E-state index is -0.240. The van der Waals surface area contributed by atoms with Gasteiger partial charge in [-0.2, -0.15) is 0 Å². The van der Waals surface area contributed by atoms with Gasteiger partial charge < -0.3 is 5.32 Å². The lowest BCUT2D eigenvalue weighted by Crippen LogP contribution is -2.25. The number of carbonyl (C=O) groups is 2. The Kier molecular flexibility index (Phi) is 5.76. The van der Waals surface area contributed by atoms with Gasteiger partial charge in [-0.25, -0.2) is 4.98 Å². The summed E-state index contributed by atoms with van der Waals surface area (Å²) < 4.78 is 0. The molecule has 2 N–H and O–H groups in total. The third-order valence-electron chi connectivity index (χ3n) is 3.80. The number of anilines is 1. The van der Waals surface area contributed by atoms with Crippen LogP contribution < -0.4 is 10.6 Å². The van der Waals surface area contributed by atoms with Gasteiger partial charge in [0.05, 0.1) is 5.69 Å². The molecule has 2 amide bonds. The second-order valence-electron chi connectivity index (χ2n) is 5.75. The zero-order valence-electron chi connectivity index (χ0n) is 14.4. The predicted octanol–water partition coefficient (Wildman–Crippen LogP) is 3.68. The Hall–Kier alpha value is -2.99. The van der Waals surface area contributed by atoms with Gasteiger partial charge in [0.15, 0.2) is 5.13 Å². The number of nitrogens with one attached hydrogen (secondary N) is 2. The Morgan fingerprint density at radius 1 is 0.962 bits per heavy atom. The lowest BCUT2D eigenvalue weighted by molar-refractivity contribution is 0.0956. The largest absolute Gasteiger partial charge is 0.351 e. The van der Waals surface area contributed by atoms with Gasteiger partial charge in [0, 0.05) is 12.1 Å². The van der Waals surface area contributed by atoms with E-state index in [-0.39, 0.29) is 11.8 Å². The molecule has 2 aromatic carbocycles. The van der Waals surface area contributed by atoms with Crippen LogP contribution in [0.3, 0.4) is 0 Å². The van der Waals surface area contributed by atoms with Gasteiger partial charge in [-0.05, 0) is 31.0 Å². The van der Waals surface area contributed by atoms with Crippen LogP contribution in [0.1, 0.15) is 31.3 Å². The number of hydrogen-bond donors (Lipinski definition) is 2. The highest BCUT2D eigenvalue weighted by Crippen LogP contribution is 2.23. The van der Waals surface area contributed by atoms with Gasteiger partial charge in [-0.15, -0.1) is 0 Å². The van der Waals surface area contributed by atoms with E-state index >= 15 is 0 Å². The summed E-state index contributed by atoms with van der Waals surface area (Å²) in [4.78, 5) is 29.4. The third kappa shape index (κ3) is 4.55. The summed E-state index contributed by atoms with van der Waals surface area (Å²) in [5, 5.41) is 6.07. The molecule has 0 saturated heterocycles. The standard InChI is InChI=1S/C20H19N3O2S/c1-14-17(19(25)21-13-12-15-8-4-2-5-9-15)26-20(22-14)23-18(24)16-10-6-3-7-11-16/h2-11H,12-13H2,1H3,(H,21,25)(H,22,23,24). The van der Waals surface area contributed by atoms with Crippen molar-refractivity contribution in [3.8, 4) is 0 Å². The molecule has 0 aliphatic rings. The number of aromatic nitrogens is 1. The van der Waals surface area contributed by atoms with Crippen molar-refractivity contribution in [3.05, 3.63) is 82.4 Å². The Labute approximate surface area is 156 Å². The third-order valence-corrected chi connectivity index (χ3v) is 4.87. The summed E-state index contributed by atoms with van der Waals surface area (Å²) in [5.41, 5.74) is 2.33. The summed E-state index contributed by atoms with van der Waals surface area (Å²) in [7, 11) is 0. The van der Waals surface area contributed by atoms with Gasteiger partial charge >= 0.3 is 0 Å². The molecule has 5 nitrogen and oxygen atoms in total. The van der Waals surface area contributed by atoms with E-state index in [4.69, 9.17) is 0 Å². The van der Waals surface area contributed by atoms with E-state index in [1.54, 1.807) is 31.2 Å². The summed E-state index contributed by atoms with van der Waals surface area (Å²) >= 11 is 1.18. The number of aryl methyl sites for hydroxylation is 1. The molecular weight excluding hydrogens is 346 g/mol. The fraction of sp³-hybridized carbons (Fsp3) is 0.150. The monoisotopic (exact) mass is 365 g/mol. The number of thiazole rings is 1. The van der Waals surface area contributed by atoms with Crippen molar-refractivity contribution in [1.29, 1.82) is 0 Å². The maximum atomic E-state index is 12.4. The van der Waals surface area contributed by atoms with Crippen molar-refractivity contribution >= 4 is 28.3 Å². The van der Waals surface area contributed by atoms with Crippen LogP contribution in [0.2, 0.25) is 0 Å². The van der Waals surface area contributed by atoms with Crippen molar-refractivity contribution in [2.24, 2.45) is 0 Å². The van der Waals surface area contributed by atoms with E-state index in [1.807, 2.05) is 36.4 Å². The molecule has 0 spiro atoms. The summed E-state index contributed by atoms with van der Waals surface area (Å²) in [6, 6.07) is 18.9. The van der Waals surface area contributed by atoms with Crippen LogP contribution in [0.25, 0.3) is 0 Å². The van der Waals surface area contributed by atoms with Gasteiger partial charge in [-0.3, -0.25) is 14.9 Å². The first kappa shape index (κ1) is 17.8. The lowest BCUT2D eigenvalue weighted by Gasteiger charge is -2.04. The first-order valence-electron chi connectivity index (χ1n) is 8.29. The van der Waals surface area contributed by atoms with Gasteiger partial charge in [-0.1, -0.05) is 59.9 Å². The Bertz CT molecular complexity index is 892. The van der Waals surface area contributed by atoms with Crippen LogP contribution in [-0.2, 0) is 6.42 Å². The molecular formula is C20H19N3O2S. The summed E-state index contributed by atoms with van der Waals surface area (Å²) in [6.07, 6.45) is 0.766. The van der Waals surface area contributed by atoms with E-state index in [0.717, 1.165) is 6.42 Å². The van der Waals surface area contributed by atoms with Crippen molar-refractivity contribution in [2.75, 3.05) is 11.9 Å². The van der Waals surface area contributed by atoms with Crippen molar-refractivity contribution in [1.82, 2.24) is 10.3 Å². The molecule has 1 heterocycles. The first-order valence-corrected chi connectivity index (χ1v) is 9.11. The number of benzene rings is 2. The minimum absolute atomic E-state index is 0.170. The van der Waals surface area contributed by atoms with Crippen LogP contribution in [-0.4, -0.2) is 23.3 Å². The van der Waals surface area contributed by atoms with Gasteiger partial charge in [0.25, 0.3) is 11.8 Å². The topological polar surface area (TPSA) is 71.1 Å². The number of carbonyl (C=O) groups excluding carboxylic acids is 2. The zero-order valence-corrected chi connectivity index (χ0v) is 15.2. The van der Waals surface area contributed by atoms with Crippen LogP contribution in [0.5, 0.6) is 0 Å². The molecule has 0 radical (unpaired) electrons. The second-order valence-corrected chi connectivity index (χ2v) is 6.74. The Morgan fingerprint density at radius 2 is 1.62 bits per heavy atom. The maximum Gasteiger partial charge on any atom is 0.263 e. The normalized spacial score (nSPS) is 10.3. The molecule has 6 heteroatoms. The number of amides is 2. The zero-order chi connectivity index (χ0) is 18.4. The SMILES string of the molecule is Cc1nc(NC(=O)c2ccccc2)sc1C(=O)NCCc1ccccc1. The molecule has 3 rings (SSSR count). The number of nitrogens with zero attached hydrogens (tertiary/aromatic N) is 1. The first-order chi connectivity index (χ1) is 12.6. The Balaban J connectivity index is 1.58. The highest BCUT2D eigenvalue weighted by molar-refractivity contribution is 7.17.